The molecule has 2 heterocycles. The summed E-state index contributed by atoms with van der Waals surface area (Å²) in [5, 5.41) is -0.619. The van der Waals surface area contributed by atoms with E-state index in [1.807, 2.05) is 0 Å². The largest absolute Gasteiger partial charge is 0.347 e. The predicted molar refractivity (Wildman–Crippen MR) is 56.8 cm³/mol. The van der Waals surface area contributed by atoms with Gasteiger partial charge in [-0.1, -0.05) is 0 Å². The lowest BCUT2D eigenvalue weighted by atomic mass is 10.5. The monoisotopic (exact) mass is 256 g/mol. The van der Waals surface area contributed by atoms with Crippen molar-refractivity contribution in [2.24, 2.45) is 0 Å². The molecule has 0 aromatic carbocycles. The maximum absolute atomic E-state index is 13.2. The van der Waals surface area contributed by atoms with Gasteiger partial charge < -0.3 is 4.98 Å². The average Bonchev–Trinajstić information content (AvgIpc) is 2.80. The van der Waals surface area contributed by atoms with E-state index in [1.165, 1.54) is 18.5 Å². The fourth-order valence-corrected chi connectivity index (χ4v) is 2.18. The molecule has 2 N–H and O–H groups in total. The van der Waals surface area contributed by atoms with Crippen LogP contribution in [0.25, 0.3) is 0 Å². The zero-order chi connectivity index (χ0) is 12.3. The zero-order valence-electron chi connectivity index (χ0n) is 8.59. The summed E-state index contributed by atoms with van der Waals surface area (Å²) in [4.78, 5) is 10.1. The van der Waals surface area contributed by atoms with E-state index in [1.54, 1.807) is 6.20 Å². The van der Waals surface area contributed by atoms with Gasteiger partial charge in [0, 0.05) is 18.6 Å². The summed E-state index contributed by atoms with van der Waals surface area (Å²) in [6, 6.07) is 2.36. The molecular formula is C9H9FN4O2S. The molecule has 0 aliphatic heterocycles. The first-order chi connectivity index (χ1) is 8.09. The van der Waals surface area contributed by atoms with Crippen LogP contribution in [-0.2, 0) is 16.6 Å². The summed E-state index contributed by atoms with van der Waals surface area (Å²) >= 11 is 0. The number of hydrogen-bond acceptors (Lipinski definition) is 4. The van der Waals surface area contributed by atoms with E-state index in [0.717, 1.165) is 6.07 Å². The number of imidazole rings is 1. The second-order valence-corrected chi connectivity index (χ2v) is 4.83. The van der Waals surface area contributed by atoms with Crippen LogP contribution >= 0.6 is 0 Å². The minimum atomic E-state index is -3.96. The van der Waals surface area contributed by atoms with Crippen molar-refractivity contribution in [1.82, 2.24) is 19.7 Å². The molecule has 0 spiro atoms. The Hall–Kier alpha value is -1.80. The van der Waals surface area contributed by atoms with Crippen molar-refractivity contribution in [3.8, 4) is 0 Å². The molecule has 6 nitrogen and oxygen atoms in total. The van der Waals surface area contributed by atoms with Crippen LogP contribution in [0, 0.1) is 5.82 Å². The number of sulfonamides is 1. The molecule has 0 radical (unpaired) electrons. The molecule has 8 heteroatoms. The number of pyridine rings is 1. The highest BCUT2D eigenvalue weighted by Crippen LogP contribution is 2.09. The Balaban J connectivity index is 2.17. The number of H-pyrrole nitrogens is 1. The fourth-order valence-electron chi connectivity index (χ4n) is 1.20. The Labute approximate surface area is 97.0 Å². The van der Waals surface area contributed by atoms with Gasteiger partial charge in [-0.2, -0.15) is 0 Å². The Kier molecular flexibility index (Phi) is 3.16. The number of aromatic amines is 1. The van der Waals surface area contributed by atoms with Gasteiger partial charge in [-0.05, 0) is 12.1 Å². The van der Waals surface area contributed by atoms with Crippen LogP contribution in [0.1, 0.15) is 5.82 Å². The van der Waals surface area contributed by atoms with E-state index in [0.29, 0.717) is 5.82 Å². The van der Waals surface area contributed by atoms with Crippen molar-refractivity contribution in [1.29, 1.82) is 0 Å². The molecule has 2 aromatic rings. The normalized spacial score (nSPS) is 11.6. The summed E-state index contributed by atoms with van der Waals surface area (Å²) in [5.41, 5.74) is 0. The molecule has 2 aromatic heterocycles. The molecule has 0 aliphatic carbocycles. The van der Waals surface area contributed by atoms with Crippen LogP contribution in [0.2, 0.25) is 0 Å². The molecule has 0 atom stereocenters. The average molecular weight is 256 g/mol. The first-order valence-corrected chi connectivity index (χ1v) is 6.16. The van der Waals surface area contributed by atoms with Gasteiger partial charge in [-0.3, -0.25) is 0 Å². The van der Waals surface area contributed by atoms with Crippen molar-refractivity contribution in [2.45, 2.75) is 11.6 Å². The molecule has 2 rings (SSSR count). The van der Waals surface area contributed by atoms with Gasteiger partial charge in [0.2, 0.25) is 5.03 Å². The van der Waals surface area contributed by atoms with Gasteiger partial charge in [0.05, 0.1) is 6.54 Å². The maximum atomic E-state index is 13.2. The van der Waals surface area contributed by atoms with Crippen molar-refractivity contribution < 1.29 is 12.8 Å². The van der Waals surface area contributed by atoms with Crippen molar-refractivity contribution >= 4 is 10.0 Å². The Morgan fingerprint density at radius 1 is 1.35 bits per heavy atom. The van der Waals surface area contributed by atoms with Gasteiger partial charge >= 0.3 is 0 Å². The number of nitrogens with one attached hydrogen (secondary N) is 2. The Morgan fingerprint density at radius 2 is 2.18 bits per heavy atom. The first-order valence-electron chi connectivity index (χ1n) is 4.68. The van der Waals surface area contributed by atoms with E-state index in [9.17, 15) is 12.8 Å². The van der Waals surface area contributed by atoms with E-state index < -0.39 is 20.9 Å². The molecule has 17 heavy (non-hydrogen) atoms. The highest BCUT2D eigenvalue weighted by Gasteiger charge is 2.20. The predicted octanol–water partition coefficient (Wildman–Crippen LogP) is 0.422. The highest BCUT2D eigenvalue weighted by molar-refractivity contribution is 7.89. The van der Waals surface area contributed by atoms with Crippen molar-refractivity contribution in [3.63, 3.8) is 0 Å². The van der Waals surface area contributed by atoms with Gasteiger partial charge in [-0.25, -0.2) is 27.5 Å². The number of nitrogens with zero attached hydrogens (tertiary/aromatic N) is 2. The van der Waals surface area contributed by atoms with Crippen LogP contribution in [0.15, 0.2) is 35.7 Å². The third kappa shape index (κ3) is 2.66. The zero-order valence-corrected chi connectivity index (χ0v) is 9.41. The lowest BCUT2D eigenvalue weighted by Gasteiger charge is -2.04. The molecule has 0 aliphatic rings. The minimum absolute atomic E-state index is 0.0503. The second kappa shape index (κ2) is 4.60. The van der Waals surface area contributed by atoms with E-state index >= 15 is 0 Å². The van der Waals surface area contributed by atoms with E-state index in [-0.39, 0.29) is 6.54 Å². The van der Waals surface area contributed by atoms with Gasteiger partial charge in [0.15, 0.2) is 5.82 Å². The molecule has 0 amide bonds. The summed E-state index contributed by atoms with van der Waals surface area (Å²) in [6.07, 6.45) is 4.26. The smallest absolute Gasteiger partial charge is 0.261 e. The lowest BCUT2D eigenvalue weighted by molar-refractivity contribution is 0.543. The molecule has 0 bridgehead atoms. The standard InChI is InChI=1S/C9H9FN4O2S/c10-7-2-1-3-13-9(7)17(15,16)14-6-8-11-4-5-12-8/h1-5,14H,6H2,(H,11,12). The highest BCUT2D eigenvalue weighted by atomic mass is 32.2. The number of aromatic nitrogens is 3. The third-order valence-corrected chi connectivity index (χ3v) is 3.30. The third-order valence-electron chi connectivity index (χ3n) is 1.96. The molecule has 0 unspecified atom stereocenters. The summed E-state index contributed by atoms with van der Waals surface area (Å²) in [5.74, 6) is -0.454. The summed E-state index contributed by atoms with van der Waals surface area (Å²) in [7, 11) is -3.96. The first kappa shape index (κ1) is 11.7. The maximum Gasteiger partial charge on any atom is 0.261 e. The summed E-state index contributed by atoms with van der Waals surface area (Å²) in [6.45, 7) is -0.0503. The quantitative estimate of drug-likeness (QED) is 0.830. The lowest BCUT2D eigenvalue weighted by Crippen LogP contribution is -2.25. The number of hydrogen-bond donors (Lipinski definition) is 2. The molecule has 0 saturated heterocycles. The van der Waals surface area contributed by atoms with Crippen molar-refractivity contribution in [2.75, 3.05) is 0 Å². The minimum Gasteiger partial charge on any atom is -0.347 e. The number of halogens is 1. The van der Waals surface area contributed by atoms with Gasteiger partial charge in [0.25, 0.3) is 10.0 Å². The van der Waals surface area contributed by atoms with E-state index in [4.69, 9.17) is 0 Å². The number of rotatable bonds is 4. The fraction of sp³-hybridized carbons (Fsp3) is 0.111. The molecular weight excluding hydrogens is 247 g/mol. The molecule has 90 valence electrons. The van der Waals surface area contributed by atoms with E-state index in [2.05, 4.69) is 19.7 Å². The van der Waals surface area contributed by atoms with Crippen LogP contribution < -0.4 is 4.72 Å². The van der Waals surface area contributed by atoms with Gasteiger partial charge in [0.1, 0.15) is 5.82 Å². The van der Waals surface area contributed by atoms with Crippen LogP contribution in [0.4, 0.5) is 4.39 Å². The second-order valence-electron chi connectivity index (χ2n) is 3.15. The van der Waals surface area contributed by atoms with Crippen molar-refractivity contribution in [3.05, 3.63) is 42.4 Å². The van der Waals surface area contributed by atoms with Crippen LogP contribution in [0.5, 0.6) is 0 Å². The SMILES string of the molecule is O=S(=O)(NCc1ncc[nH]1)c1ncccc1F. The molecule has 0 fully saturated rings. The van der Waals surface area contributed by atoms with Crippen LogP contribution in [0.3, 0.4) is 0 Å². The Morgan fingerprint density at radius 3 is 2.82 bits per heavy atom. The molecule has 0 saturated carbocycles. The van der Waals surface area contributed by atoms with Gasteiger partial charge in [-0.15, -0.1) is 0 Å². The topological polar surface area (TPSA) is 87.7 Å². The summed E-state index contributed by atoms with van der Waals surface area (Å²) < 4.78 is 38.8. The Bertz CT molecular complexity index is 597. The van der Waals surface area contributed by atoms with Crippen LogP contribution in [-0.4, -0.2) is 23.4 Å².